The molecule has 2 nitrogen and oxygen atoms in total. The second-order valence-electron chi connectivity index (χ2n) is 5.79. The summed E-state index contributed by atoms with van der Waals surface area (Å²) in [7, 11) is 0. The number of thiophene rings is 1. The highest BCUT2D eigenvalue weighted by Gasteiger charge is 2.27. The van der Waals surface area contributed by atoms with Gasteiger partial charge in [-0.05, 0) is 51.0 Å². The summed E-state index contributed by atoms with van der Waals surface area (Å²) < 4.78 is 0. The van der Waals surface area contributed by atoms with Crippen molar-refractivity contribution >= 4 is 11.3 Å². The van der Waals surface area contributed by atoms with E-state index in [-0.39, 0.29) is 0 Å². The van der Waals surface area contributed by atoms with E-state index in [0.29, 0.717) is 12.1 Å². The predicted octanol–water partition coefficient (Wildman–Crippen LogP) is 3.35. The predicted molar refractivity (Wildman–Crippen MR) is 80.1 cm³/mol. The molecule has 1 atom stereocenters. The summed E-state index contributed by atoms with van der Waals surface area (Å²) in [6.45, 7) is 10.4. The van der Waals surface area contributed by atoms with E-state index < -0.39 is 0 Å². The Hall–Kier alpha value is -0.380. The molecule has 0 saturated heterocycles. The minimum absolute atomic E-state index is 0.630. The first-order valence-corrected chi connectivity index (χ1v) is 8.03. The number of hydrogen-bond acceptors (Lipinski definition) is 3. The highest BCUT2D eigenvalue weighted by Crippen LogP contribution is 2.30. The van der Waals surface area contributed by atoms with Crippen LogP contribution in [0.4, 0.5) is 0 Å². The van der Waals surface area contributed by atoms with Crippen LogP contribution in [0.3, 0.4) is 0 Å². The standard InChI is InChI=1S/C15H26N2S/c1-12(2)17(11-14-6-7-14)13(3)9-16-10-15-5-4-8-18-15/h4-5,8,12-14,16H,6-7,9-11H2,1-3H3. The van der Waals surface area contributed by atoms with Crippen LogP contribution < -0.4 is 5.32 Å². The molecule has 1 aromatic heterocycles. The second-order valence-corrected chi connectivity index (χ2v) is 6.83. The van der Waals surface area contributed by atoms with E-state index in [1.165, 1.54) is 24.3 Å². The summed E-state index contributed by atoms with van der Waals surface area (Å²) in [4.78, 5) is 4.08. The Labute approximate surface area is 115 Å². The van der Waals surface area contributed by atoms with Crippen LogP contribution in [0.15, 0.2) is 17.5 Å². The molecule has 1 N–H and O–H groups in total. The lowest BCUT2D eigenvalue weighted by Gasteiger charge is -2.33. The fraction of sp³-hybridized carbons (Fsp3) is 0.733. The fourth-order valence-corrected chi connectivity index (χ4v) is 3.11. The molecule has 2 rings (SSSR count). The third-order valence-corrected chi connectivity index (χ3v) is 4.59. The molecule has 1 saturated carbocycles. The largest absolute Gasteiger partial charge is 0.310 e. The van der Waals surface area contributed by atoms with E-state index in [9.17, 15) is 0 Å². The molecule has 1 fully saturated rings. The molecule has 1 aromatic rings. The topological polar surface area (TPSA) is 15.3 Å². The van der Waals surface area contributed by atoms with E-state index in [0.717, 1.165) is 19.0 Å². The summed E-state index contributed by atoms with van der Waals surface area (Å²) in [6.07, 6.45) is 2.89. The minimum atomic E-state index is 0.630. The molecule has 1 aliphatic carbocycles. The van der Waals surface area contributed by atoms with Crippen LogP contribution in [0.2, 0.25) is 0 Å². The van der Waals surface area contributed by atoms with Crippen LogP contribution in [0.1, 0.15) is 38.5 Å². The lowest BCUT2D eigenvalue weighted by Crippen LogP contribution is -2.45. The molecule has 18 heavy (non-hydrogen) atoms. The van der Waals surface area contributed by atoms with Crippen LogP contribution in [0.5, 0.6) is 0 Å². The van der Waals surface area contributed by atoms with Gasteiger partial charge in [0.25, 0.3) is 0 Å². The van der Waals surface area contributed by atoms with E-state index in [2.05, 4.69) is 48.5 Å². The third kappa shape index (κ3) is 4.38. The van der Waals surface area contributed by atoms with Gasteiger partial charge in [-0.2, -0.15) is 0 Å². The van der Waals surface area contributed by atoms with Gasteiger partial charge >= 0.3 is 0 Å². The molecule has 102 valence electrons. The van der Waals surface area contributed by atoms with E-state index in [1.54, 1.807) is 0 Å². The molecule has 0 spiro atoms. The minimum Gasteiger partial charge on any atom is -0.310 e. The molecule has 0 radical (unpaired) electrons. The van der Waals surface area contributed by atoms with Crippen molar-refractivity contribution in [1.82, 2.24) is 10.2 Å². The molecule has 3 heteroatoms. The Balaban J connectivity index is 1.72. The fourth-order valence-electron chi connectivity index (χ4n) is 2.43. The van der Waals surface area contributed by atoms with Crippen LogP contribution in [-0.4, -0.2) is 30.1 Å². The van der Waals surface area contributed by atoms with Crippen LogP contribution >= 0.6 is 11.3 Å². The van der Waals surface area contributed by atoms with Crippen molar-refractivity contribution in [2.24, 2.45) is 5.92 Å². The van der Waals surface area contributed by atoms with Crippen molar-refractivity contribution in [3.63, 3.8) is 0 Å². The maximum absolute atomic E-state index is 3.59. The number of hydrogen-bond donors (Lipinski definition) is 1. The molecular formula is C15H26N2S. The smallest absolute Gasteiger partial charge is 0.0300 e. The quantitative estimate of drug-likeness (QED) is 0.776. The van der Waals surface area contributed by atoms with Gasteiger partial charge in [-0.15, -0.1) is 11.3 Å². The van der Waals surface area contributed by atoms with Gasteiger partial charge in [-0.25, -0.2) is 0 Å². The highest BCUT2D eigenvalue weighted by molar-refractivity contribution is 7.09. The molecule has 1 aliphatic rings. The average molecular weight is 266 g/mol. The molecule has 1 heterocycles. The third-order valence-electron chi connectivity index (χ3n) is 3.71. The lowest BCUT2D eigenvalue weighted by atomic mass is 10.2. The molecule has 1 unspecified atom stereocenters. The van der Waals surface area contributed by atoms with Gasteiger partial charge in [0.05, 0.1) is 0 Å². The Bertz CT molecular complexity index is 330. The highest BCUT2D eigenvalue weighted by atomic mass is 32.1. The molecular weight excluding hydrogens is 240 g/mol. The van der Waals surface area contributed by atoms with Crippen LogP contribution in [-0.2, 0) is 6.54 Å². The van der Waals surface area contributed by atoms with E-state index >= 15 is 0 Å². The normalized spacial score (nSPS) is 17.6. The Morgan fingerprint density at radius 2 is 2.17 bits per heavy atom. The summed E-state index contributed by atoms with van der Waals surface area (Å²) in [5.41, 5.74) is 0. The van der Waals surface area contributed by atoms with Gasteiger partial charge in [0.1, 0.15) is 0 Å². The van der Waals surface area contributed by atoms with Crippen LogP contribution in [0.25, 0.3) is 0 Å². The van der Waals surface area contributed by atoms with Crippen LogP contribution in [0, 0.1) is 5.92 Å². The SMILES string of the molecule is CC(C)N(CC1CC1)C(C)CNCc1cccs1. The van der Waals surface area contributed by atoms with Crippen molar-refractivity contribution in [3.8, 4) is 0 Å². The van der Waals surface area contributed by atoms with Gasteiger partial charge in [0.15, 0.2) is 0 Å². The van der Waals surface area contributed by atoms with Gasteiger partial charge in [-0.3, -0.25) is 4.90 Å². The second kappa shape index (κ2) is 6.69. The first kappa shape index (κ1) is 14.0. The van der Waals surface area contributed by atoms with Crippen molar-refractivity contribution in [2.75, 3.05) is 13.1 Å². The zero-order valence-electron chi connectivity index (χ0n) is 11.9. The van der Waals surface area contributed by atoms with E-state index in [1.807, 2.05) is 11.3 Å². The Morgan fingerprint density at radius 3 is 2.72 bits per heavy atom. The summed E-state index contributed by atoms with van der Waals surface area (Å²) >= 11 is 1.83. The van der Waals surface area contributed by atoms with Gasteiger partial charge in [0.2, 0.25) is 0 Å². The Kier molecular flexibility index (Phi) is 5.22. The number of rotatable bonds is 8. The van der Waals surface area contributed by atoms with E-state index in [4.69, 9.17) is 0 Å². The summed E-state index contributed by atoms with van der Waals surface area (Å²) in [5, 5.41) is 5.73. The zero-order valence-corrected chi connectivity index (χ0v) is 12.7. The van der Waals surface area contributed by atoms with Crippen molar-refractivity contribution in [1.29, 1.82) is 0 Å². The van der Waals surface area contributed by atoms with Gasteiger partial charge in [-0.1, -0.05) is 6.07 Å². The maximum atomic E-state index is 3.59. The van der Waals surface area contributed by atoms with Gasteiger partial charge < -0.3 is 5.32 Å². The first-order chi connectivity index (χ1) is 8.66. The summed E-state index contributed by atoms with van der Waals surface area (Å²) in [5.74, 6) is 0.979. The number of nitrogens with zero attached hydrogens (tertiary/aromatic N) is 1. The van der Waals surface area contributed by atoms with Crippen molar-refractivity contribution in [2.45, 2.75) is 52.2 Å². The zero-order chi connectivity index (χ0) is 13.0. The maximum Gasteiger partial charge on any atom is 0.0300 e. The molecule has 0 bridgehead atoms. The van der Waals surface area contributed by atoms with Crippen molar-refractivity contribution < 1.29 is 0 Å². The first-order valence-electron chi connectivity index (χ1n) is 7.15. The monoisotopic (exact) mass is 266 g/mol. The molecule has 0 amide bonds. The van der Waals surface area contributed by atoms with Gasteiger partial charge in [0, 0.05) is 36.6 Å². The Morgan fingerprint density at radius 1 is 1.39 bits per heavy atom. The summed E-state index contributed by atoms with van der Waals surface area (Å²) in [6, 6.07) is 5.61. The average Bonchev–Trinajstić information content (AvgIpc) is 3.01. The van der Waals surface area contributed by atoms with Crippen molar-refractivity contribution in [3.05, 3.63) is 22.4 Å². The molecule has 0 aliphatic heterocycles. The molecule has 0 aromatic carbocycles. The number of nitrogens with one attached hydrogen (secondary N) is 1. The lowest BCUT2D eigenvalue weighted by molar-refractivity contribution is 0.153.